The third kappa shape index (κ3) is 7.69. The van der Waals surface area contributed by atoms with Gasteiger partial charge in [-0.3, -0.25) is 4.98 Å². The van der Waals surface area contributed by atoms with Gasteiger partial charge in [0.25, 0.3) is 0 Å². The van der Waals surface area contributed by atoms with E-state index in [4.69, 9.17) is 9.47 Å². The number of pyridine rings is 1. The summed E-state index contributed by atoms with van der Waals surface area (Å²) in [6.45, 7) is 5.57. The van der Waals surface area contributed by atoms with E-state index in [9.17, 15) is 4.39 Å². The lowest BCUT2D eigenvalue weighted by molar-refractivity contribution is 0.123. The van der Waals surface area contributed by atoms with Gasteiger partial charge in [0, 0.05) is 32.5 Å². The topological polar surface area (TPSA) is 67.8 Å². The van der Waals surface area contributed by atoms with Gasteiger partial charge in [-0.05, 0) is 61.9 Å². The molecule has 1 aromatic carbocycles. The first-order valence-corrected chi connectivity index (χ1v) is 10.2. The molecule has 0 spiro atoms. The third-order valence-corrected chi connectivity index (χ3v) is 4.43. The van der Waals surface area contributed by atoms with Gasteiger partial charge in [0.05, 0.1) is 12.7 Å². The number of aromatic nitrogens is 1. The predicted octanol–water partition coefficient (Wildman–Crippen LogP) is 3.88. The summed E-state index contributed by atoms with van der Waals surface area (Å²) in [5.74, 6) is 1.75. The Balaban J connectivity index is 1.46. The Bertz CT molecular complexity index is 782. The normalized spacial score (nSPS) is 13.9. The number of guanidine groups is 1. The van der Waals surface area contributed by atoms with Crippen LogP contribution in [0.15, 0.2) is 47.7 Å². The zero-order valence-corrected chi connectivity index (χ0v) is 16.9. The van der Waals surface area contributed by atoms with Crippen LogP contribution in [0.3, 0.4) is 0 Å². The summed E-state index contributed by atoms with van der Waals surface area (Å²) in [4.78, 5) is 8.49. The Hall–Kier alpha value is -2.67. The molecule has 1 saturated carbocycles. The Morgan fingerprint density at radius 2 is 2.17 bits per heavy atom. The first-order valence-electron chi connectivity index (χ1n) is 10.2. The molecule has 1 heterocycles. The standard InChI is InChI=1S/C22H29FN4O2/c1-2-25-22(26-11-4-12-28-16-17-6-7-17)27-14-18-8-9-21(20(23)13-18)29-19-5-3-10-24-15-19/h3,5,8-10,13,15,17H,2,4,6-7,11-12,14,16H2,1H3,(H2,25,26,27). The highest BCUT2D eigenvalue weighted by molar-refractivity contribution is 5.79. The SMILES string of the molecule is CCNC(=NCc1ccc(Oc2cccnc2)c(F)c1)NCCCOCC1CC1. The summed E-state index contributed by atoms with van der Waals surface area (Å²) in [7, 11) is 0. The van der Waals surface area contributed by atoms with Gasteiger partial charge in [0.2, 0.25) is 0 Å². The Morgan fingerprint density at radius 1 is 1.28 bits per heavy atom. The summed E-state index contributed by atoms with van der Waals surface area (Å²) >= 11 is 0. The van der Waals surface area contributed by atoms with Crippen LogP contribution >= 0.6 is 0 Å². The summed E-state index contributed by atoms with van der Waals surface area (Å²) in [5, 5.41) is 6.49. The van der Waals surface area contributed by atoms with Gasteiger partial charge >= 0.3 is 0 Å². The van der Waals surface area contributed by atoms with Crippen molar-refractivity contribution in [1.82, 2.24) is 15.6 Å². The van der Waals surface area contributed by atoms with Gasteiger partial charge in [0.15, 0.2) is 17.5 Å². The van der Waals surface area contributed by atoms with E-state index in [2.05, 4.69) is 20.6 Å². The maximum Gasteiger partial charge on any atom is 0.191 e. The number of aliphatic imine (C=N–C) groups is 1. The van der Waals surface area contributed by atoms with E-state index in [0.29, 0.717) is 18.3 Å². The molecule has 0 saturated heterocycles. The summed E-state index contributed by atoms with van der Waals surface area (Å²) in [6.07, 6.45) is 6.73. The minimum Gasteiger partial charge on any atom is -0.453 e. The van der Waals surface area contributed by atoms with Crippen LogP contribution in [0.25, 0.3) is 0 Å². The molecule has 0 radical (unpaired) electrons. The largest absolute Gasteiger partial charge is 0.453 e. The maximum atomic E-state index is 14.4. The van der Waals surface area contributed by atoms with E-state index in [1.807, 2.05) is 13.0 Å². The van der Waals surface area contributed by atoms with Crippen LogP contribution in [0.1, 0.15) is 31.7 Å². The molecule has 0 bridgehead atoms. The molecular weight excluding hydrogens is 371 g/mol. The van der Waals surface area contributed by atoms with E-state index in [0.717, 1.165) is 44.2 Å². The molecule has 156 valence electrons. The van der Waals surface area contributed by atoms with Gasteiger partial charge < -0.3 is 20.1 Å². The fourth-order valence-electron chi connectivity index (χ4n) is 2.69. The molecule has 2 aromatic rings. The average molecular weight is 400 g/mol. The molecule has 0 unspecified atom stereocenters. The Morgan fingerprint density at radius 3 is 2.90 bits per heavy atom. The van der Waals surface area contributed by atoms with Crippen molar-refractivity contribution in [2.24, 2.45) is 10.9 Å². The summed E-state index contributed by atoms with van der Waals surface area (Å²) < 4.78 is 25.5. The van der Waals surface area contributed by atoms with Crippen LogP contribution in [0.4, 0.5) is 4.39 Å². The van der Waals surface area contributed by atoms with E-state index < -0.39 is 5.82 Å². The quantitative estimate of drug-likeness (QED) is 0.340. The summed E-state index contributed by atoms with van der Waals surface area (Å²) in [6, 6.07) is 8.35. The van der Waals surface area contributed by atoms with Crippen LogP contribution in [-0.4, -0.2) is 37.2 Å². The van der Waals surface area contributed by atoms with Gasteiger partial charge in [-0.25, -0.2) is 9.38 Å². The second kappa shape index (κ2) is 11.4. The lowest BCUT2D eigenvalue weighted by Crippen LogP contribution is -2.38. The summed E-state index contributed by atoms with van der Waals surface area (Å²) in [5.41, 5.74) is 0.769. The van der Waals surface area contributed by atoms with E-state index in [1.165, 1.54) is 18.9 Å². The van der Waals surface area contributed by atoms with Crippen molar-refractivity contribution in [2.45, 2.75) is 32.7 Å². The number of halogens is 1. The van der Waals surface area contributed by atoms with Crippen molar-refractivity contribution in [1.29, 1.82) is 0 Å². The molecule has 1 aliphatic carbocycles. The minimum absolute atomic E-state index is 0.168. The molecule has 1 aromatic heterocycles. The number of nitrogens with one attached hydrogen (secondary N) is 2. The third-order valence-electron chi connectivity index (χ3n) is 4.43. The number of benzene rings is 1. The van der Waals surface area contributed by atoms with Gasteiger partial charge in [-0.15, -0.1) is 0 Å². The first kappa shape index (κ1) is 21.0. The Kier molecular flexibility index (Phi) is 8.25. The van der Waals surface area contributed by atoms with E-state index in [1.54, 1.807) is 30.6 Å². The highest BCUT2D eigenvalue weighted by Crippen LogP contribution is 2.28. The lowest BCUT2D eigenvalue weighted by atomic mass is 10.2. The van der Waals surface area contributed by atoms with Gasteiger partial charge in [-0.1, -0.05) is 6.07 Å². The molecule has 2 N–H and O–H groups in total. The molecule has 29 heavy (non-hydrogen) atoms. The molecule has 7 heteroatoms. The van der Waals surface area contributed by atoms with Gasteiger partial charge in [0.1, 0.15) is 5.75 Å². The molecule has 0 amide bonds. The number of hydrogen-bond acceptors (Lipinski definition) is 4. The number of rotatable bonds is 11. The average Bonchev–Trinajstić information content (AvgIpc) is 3.55. The molecule has 3 rings (SSSR count). The predicted molar refractivity (Wildman–Crippen MR) is 112 cm³/mol. The molecule has 1 aliphatic rings. The van der Waals surface area contributed by atoms with Crippen LogP contribution < -0.4 is 15.4 Å². The molecule has 6 nitrogen and oxygen atoms in total. The first-order chi connectivity index (χ1) is 14.2. The highest BCUT2D eigenvalue weighted by atomic mass is 19.1. The monoisotopic (exact) mass is 400 g/mol. The fourth-order valence-corrected chi connectivity index (χ4v) is 2.69. The van der Waals surface area contributed by atoms with Crippen LogP contribution in [0.2, 0.25) is 0 Å². The van der Waals surface area contributed by atoms with Crippen molar-refractivity contribution >= 4 is 5.96 Å². The maximum absolute atomic E-state index is 14.4. The molecular formula is C22H29FN4O2. The molecule has 0 atom stereocenters. The smallest absolute Gasteiger partial charge is 0.191 e. The number of ether oxygens (including phenoxy) is 2. The second-order valence-corrected chi connectivity index (χ2v) is 7.05. The van der Waals surface area contributed by atoms with Crippen molar-refractivity contribution in [3.05, 3.63) is 54.1 Å². The number of nitrogens with zero attached hydrogens (tertiary/aromatic N) is 2. The lowest BCUT2D eigenvalue weighted by Gasteiger charge is -2.12. The van der Waals surface area contributed by atoms with Crippen LogP contribution in [0, 0.1) is 11.7 Å². The molecule has 0 aliphatic heterocycles. The van der Waals surface area contributed by atoms with Crippen LogP contribution in [-0.2, 0) is 11.3 Å². The van der Waals surface area contributed by atoms with Crippen molar-refractivity contribution in [2.75, 3.05) is 26.3 Å². The minimum atomic E-state index is -0.424. The zero-order valence-electron chi connectivity index (χ0n) is 16.9. The van der Waals surface area contributed by atoms with E-state index in [-0.39, 0.29) is 5.75 Å². The Labute approximate surface area is 171 Å². The van der Waals surface area contributed by atoms with Crippen molar-refractivity contribution in [3.63, 3.8) is 0 Å². The molecule has 1 fully saturated rings. The van der Waals surface area contributed by atoms with E-state index >= 15 is 0 Å². The zero-order chi connectivity index (χ0) is 20.3. The highest BCUT2D eigenvalue weighted by Gasteiger charge is 2.20. The fraction of sp³-hybridized carbons (Fsp3) is 0.455. The number of hydrogen-bond donors (Lipinski definition) is 2. The van der Waals surface area contributed by atoms with Crippen LogP contribution in [0.5, 0.6) is 11.5 Å². The van der Waals surface area contributed by atoms with Gasteiger partial charge in [-0.2, -0.15) is 0 Å². The van der Waals surface area contributed by atoms with Crippen molar-refractivity contribution in [3.8, 4) is 11.5 Å². The van der Waals surface area contributed by atoms with Crippen molar-refractivity contribution < 1.29 is 13.9 Å². The second-order valence-electron chi connectivity index (χ2n) is 7.05.